The number of hydrogen-bond acceptors (Lipinski definition) is 4. The molecule has 2 rings (SSSR count). The van der Waals surface area contributed by atoms with Crippen molar-refractivity contribution < 1.29 is 4.74 Å². The number of nitrogens with zero attached hydrogens (tertiary/aromatic N) is 3. The van der Waals surface area contributed by atoms with Crippen LogP contribution in [0.25, 0.3) is 11.4 Å². The maximum Gasteiger partial charge on any atom is 0.165 e. The van der Waals surface area contributed by atoms with Crippen molar-refractivity contribution in [2.45, 2.75) is 20.0 Å². The van der Waals surface area contributed by atoms with Crippen molar-refractivity contribution in [2.75, 3.05) is 13.7 Å². The van der Waals surface area contributed by atoms with E-state index in [4.69, 9.17) is 10.5 Å². The van der Waals surface area contributed by atoms with Gasteiger partial charge in [-0.25, -0.2) is 0 Å². The highest BCUT2D eigenvalue weighted by Gasteiger charge is 2.15. The molecule has 0 fully saturated rings. The molecule has 0 spiro atoms. The maximum absolute atomic E-state index is 5.71. The van der Waals surface area contributed by atoms with E-state index in [0.717, 1.165) is 27.2 Å². The number of halogens is 1. The molecule has 2 N–H and O–H groups in total. The van der Waals surface area contributed by atoms with Crippen LogP contribution in [0.3, 0.4) is 0 Å². The molecule has 0 unspecified atom stereocenters. The standard InChI is InChI=1S/C13H17BrN4O/c1-9-4-3-5-10(12(9)14)13-17-16-11(8-15)18(13)6-7-19-2/h3-5H,6-8,15H2,1-2H3. The molecular weight excluding hydrogens is 308 g/mol. The van der Waals surface area contributed by atoms with Gasteiger partial charge in [0, 0.05) is 23.7 Å². The molecule has 0 bridgehead atoms. The third kappa shape index (κ3) is 2.86. The Balaban J connectivity index is 2.49. The Bertz CT molecular complexity index is 568. The molecule has 0 saturated carbocycles. The smallest absolute Gasteiger partial charge is 0.165 e. The van der Waals surface area contributed by atoms with E-state index in [-0.39, 0.29) is 0 Å². The summed E-state index contributed by atoms with van der Waals surface area (Å²) in [6, 6.07) is 6.07. The van der Waals surface area contributed by atoms with Crippen LogP contribution in [0, 0.1) is 6.92 Å². The summed E-state index contributed by atoms with van der Waals surface area (Å²) in [6.07, 6.45) is 0. The molecule has 2 aromatic rings. The van der Waals surface area contributed by atoms with Gasteiger partial charge in [-0.3, -0.25) is 0 Å². The average molecular weight is 325 g/mol. The highest BCUT2D eigenvalue weighted by atomic mass is 79.9. The molecule has 0 aliphatic carbocycles. The van der Waals surface area contributed by atoms with Gasteiger partial charge in [0.2, 0.25) is 0 Å². The molecule has 6 heteroatoms. The van der Waals surface area contributed by atoms with E-state index in [2.05, 4.69) is 26.1 Å². The minimum absolute atomic E-state index is 0.361. The first-order valence-corrected chi connectivity index (χ1v) is 6.85. The summed E-state index contributed by atoms with van der Waals surface area (Å²) in [4.78, 5) is 0. The van der Waals surface area contributed by atoms with E-state index in [1.807, 2.05) is 29.7 Å². The summed E-state index contributed by atoms with van der Waals surface area (Å²) in [6.45, 7) is 3.70. The van der Waals surface area contributed by atoms with E-state index in [0.29, 0.717) is 19.7 Å². The lowest BCUT2D eigenvalue weighted by molar-refractivity contribution is 0.186. The molecule has 0 aliphatic rings. The molecular formula is C13H17BrN4O. The van der Waals surface area contributed by atoms with E-state index in [9.17, 15) is 0 Å². The number of nitrogens with two attached hydrogens (primary N) is 1. The molecule has 1 aromatic heterocycles. The second kappa shape index (κ2) is 6.27. The second-order valence-electron chi connectivity index (χ2n) is 4.22. The Kier molecular flexibility index (Phi) is 4.68. The second-order valence-corrected chi connectivity index (χ2v) is 5.02. The zero-order valence-electron chi connectivity index (χ0n) is 11.1. The normalized spacial score (nSPS) is 10.9. The van der Waals surface area contributed by atoms with Crippen molar-refractivity contribution >= 4 is 15.9 Å². The van der Waals surface area contributed by atoms with Gasteiger partial charge in [0.1, 0.15) is 5.82 Å². The van der Waals surface area contributed by atoms with Gasteiger partial charge in [-0.1, -0.05) is 18.2 Å². The lowest BCUT2D eigenvalue weighted by Gasteiger charge is -2.11. The van der Waals surface area contributed by atoms with Crippen LogP contribution in [0.4, 0.5) is 0 Å². The molecule has 102 valence electrons. The Morgan fingerprint density at radius 2 is 2.16 bits per heavy atom. The van der Waals surface area contributed by atoms with Crippen LogP contribution >= 0.6 is 15.9 Å². The summed E-state index contributed by atoms with van der Waals surface area (Å²) < 4.78 is 8.17. The fraction of sp³-hybridized carbons (Fsp3) is 0.385. The quantitative estimate of drug-likeness (QED) is 0.914. The minimum Gasteiger partial charge on any atom is -0.383 e. The van der Waals surface area contributed by atoms with Crippen molar-refractivity contribution in [3.63, 3.8) is 0 Å². The van der Waals surface area contributed by atoms with Crippen molar-refractivity contribution in [1.82, 2.24) is 14.8 Å². The largest absolute Gasteiger partial charge is 0.383 e. The van der Waals surface area contributed by atoms with E-state index < -0.39 is 0 Å². The first-order chi connectivity index (χ1) is 9.19. The monoisotopic (exact) mass is 324 g/mol. The fourth-order valence-electron chi connectivity index (χ4n) is 1.92. The Morgan fingerprint density at radius 1 is 1.37 bits per heavy atom. The summed E-state index contributed by atoms with van der Waals surface area (Å²) in [5, 5.41) is 8.41. The summed E-state index contributed by atoms with van der Waals surface area (Å²) >= 11 is 3.61. The zero-order chi connectivity index (χ0) is 13.8. The lowest BCUT2D eigenvalue weighted by Crippen LogP contribution is -2.13. The molecule has 0 atom stereocenters. The van der Waals surface area contributed by atoms with Crippen LogP contribution in [-0.2, 0) is 17.8 Å². The average Bonchev–Trinajstić information content (AvgIpc) is 2.82. The van der Waals surface area contributed by atoms with E-state index in [1.165, 1.54) is 0 Å². The number of benzene rings is 1. The molecule has 5 nitrogen and oxygen atoms in total. The highest BCUT2D eigenvalue weighted by molar-refractivity contribution is 9.10. The number of methoxy groups -OCH3 is 1. The third-order valence-corrected chi connectivity index (χ3v) is 4.01. The number of ether oxygens (including phenoxy) is 1. The van der Waals surface area contributed by atoms with Crippen molar-refractivity contribution in [2.24, 2.45) is 5.73 Å². The number of aromatic nitrogens is 3. The molecule has 0 radical (unpaired) electrons. The predicted molar refractivity (Wildman–Crippen MR) is 77.7 cm³/mol. The zero-order valence-corrected chi connectivity index (χ0v) is 12.6. The third-order valence-electron chi connectivity index (χ3n) is 2.96. The topological polar surface area (TPSA) is 66.0 Å². The number of aryl methyl sites for hydroxylation is 1. The number of rotatable bonds is 5. The van der Waals surface area contributed by atoms with Crippen LogP contribution < -0.4 is 5.73 Å². The first kappa shape index (κ1) is 14.2. The molecule has 0 aliphatic heterocycles. The molecule has 0 saturated heterocycles. The van der Waals surface area contributed by atoms with Crippen LogP contribution in [0.5, 0.6) is 0 Å². The summed E-state index contributed by atoms with van der Waals surface area (Å²) in [5.41, 5.74) is 7.88. The number of hydrogen-bond donors (Lipinski definition) is 1. The van der Waals surface area contributed by atoms with Crippen LogP contribution in [0.1, 0.15) is 11.4 Å². The molecule has 1 aromatic carbocycles. The van der Waals surface area contributed by atoms with Crippen LogP contribution in [-0.4, -0.2) is 28.5 Å². The minimum atomic E-state index is 0.361. The van der Waals surface area contributed by atoms with Gasteiger partial charge >= 0.3 is 0 Å². The lowest BCUT2D eigenvalue weighted by atomic mass is 10.1. The summed E-state index contributed by atoms with van der Waals surface area (Å²) in [5.74, 6) is 1.58. The van der Waals surface area contributed by atoms with Gasteiger partial charge in [0.15, 0.2) is 5.82 Å². The van der Waals surface area contributed by atoms with Crippen LogP contribution in [0.15, 0.2) is 22.7 Å². The Hall–Kier alpha value is -1.24. The Morgan fingerprint density at radius 3 is 2.84 bits per heavy atom. The van der Waals surface area contributed by atoms with Gasteiger partial charge in [-0.2, -0.15) is 0 Å². The first-order valence-electron chi connectivity index (χ1n) is 6.05. The molecule has 19 heavy (non-hydrogen) atoms. The van der Waals surface area contributed by atoms with E-state index in [1.54, 1.807) is 7.11 Å². The maximum atomic E-state index is 5.71. The van der Waals surface area contributed by atoms with Gasteiger partial charge in [0.05, 0.1) is 13.2 Å². The summed E-state index contributed by atoms with van der Waals surface area (Å²) in [7, 11) is 1.68. The van der Waals surface area contributed by atoms with E-state index >= 15 is 0 Å². The van der Waals surface area contributed by atoms with Crippen LogP contribution in [0.2, 0.25) is 0 Å². The van der Waals surface area contributed by atoms with Gasteiger partial charge in [0.25, 0.3) is 0 Å². The van der Waals surface area contributed by atoms with Gasteiger partial charge in [-0.15, -0.1) is 10.2 Å². The van der Waals surface area contributed by atoms with Crippen molar-refractivity contribution in [1.29, 1.82) is 0 Å². The predicted octanol–water partition coefficient (Wildman–Crippen LogP) is 2.12. The Labute approximate surface area is 120 Å². The van der Waals surface area contributed by atoms with Crippen molar-refractivity contribution in [3.05, 3.63) is 34.1 Å². The molecule has 1 heterocycles. The van der Waals surface area contributed by atoms with Gasteiger partial charge in [-0.05, 0) is 28.4 Å². The van der Waals surface area contributed by atoms with Crippen molar-refractivity contribution in [3.8, 4) is 11.4 Å². The SMILES string of the molecule is COCCn1c(CN)nnc1-c1cccc(C)c1Br. The molecule has 0 amide bonds. The fourth-order valence-corrected chi connectivity index (χ4v) is 2.36. The highest BCUT2D eigenvalue weighted by Crippen LogP contribution is 2.29. The van der Waals surface area contributed by atoms with Gasteiger partial charge < -0.3 is 15.0 Å².